The Hall–Kier alpha value is -4.12. The number of carbonyl (C=O) groups excluding carboxylic acids is 1. The summed E-state index contributed by atoms with van der Waals surface area (Å²) in [6.07, 6.45) is 5.14. The minimum absolute atomic E-state index is 0.202. The molecule has 4 aromatic rings. The monoisotopic (exact) mass is 411 g/mol. The number of nitrogens with zero attached hydrogens (tertiary/aromatic N) is 1. The fourth-order valence-electron chi connectivity index (χ4n) is 3.10. The zero-order chi connectivity index (χ0) is 21.6. The number of fused-ring (bicyclic) bond motifs is 1. The fraction of sp³-hybridized carbons (Fsp3) is 0.0769. The summed E-state index contributed by atoms with van der Waals surface area (Å²) in [5.74, 6) is 1.41. The lowest BCUT2D eigenvalue weighted by Crippen LogP contribution is -2.03. The van der Waals surface area contributed by atoms with Crippen LogP contribution in [0.4, 0.5) is 0 Å². The third-order valence-corrected chi connectivity index (χ3v) is 4.63. The van der Waals surface area contributed by atoms with Gasteiger partial charge in [0.05, 0.1) is 18.9 Å². The molecule has 0 aliphatic rings. The molecule has 0 saturated heterocycles. The molecular weight excluding hydrogens is 390 g/mol. The average molecular weight is 411 g/mol. The van der Waals surface area contributed by atoms with Crippen LogP contribution in [0, 0.1) is 0 Å². The Balaban J connectivity index is 1.77. The molecule has 0 spiro atoms. The van der Waals surface area contributed by atoms with Gasteiger partial charge in [-0.25, -0.2) is 4.98 Å². The largest absolute Gasteiger partial charge is 0.497 e. The molecule has 0 fully saturated rings. The van der Waals surface area contributed by atoms with Gasteiger partial charge in [-0.2, -0.15) is 0 Å². The maximum absolute atomic E-state index is 13.5. The summed E-state index contributed by atoms with van der Waals surface area (Å²) in [5, 5.41) is 0. The molecule has 0 saturated carbocycles. The lowest BCUT2D eigenvalue weighted by atomic mass is 10.0. The van der Waals surface area contributed by atoms with Crippen molar-refractivity contribution in [2.75, 3.05) is 7.11 Å². The van der Waals surface area contributed by atoms with Crippen LogP contribution in [0.3, 0.4) is 0 Å². The van der Waals surface area contributed by atoms with Crippen LogP contribution in [-0.4, -0.2) is 17.9 Å². The van der Waals surface area contributed by atoms with E-state index >= 15 is 0 Å². The second-order valence-corrected chi connectivity index (χ2v) is 6.76. The van der Waals surface area contributed by atoms with Crippen molar-refractivity contribution in [2.24, 2.45) is 0 Å². The highest BCUT2D eigenvalue weighted by molar-refractivity contribution is 6.31. The molecule has 0 bridgehead atoms. The first-order valence-electron chi connectivity index (χ1n) is 9.82. The van der Waals surface area contributed by atoms with Gasteiger partial charge < -0.3 is 13.9 Å². The molecule has 154 valence electrons. The molecule has 1 aromatic heterocycles. The number of rotatable bonds is 7. The predicted molar refractivity (Wildman–Crippen MR) is 121 cm³/mol. The molecule has 0 N–H and O–H groups in total. The Labute approximate surface area is 180 Å². The third kappa shape index (κ3) is 4.56. The number of benzene rings is 3. The van der Waals surface area contributed by atoms with E-state index < -0.39 is 0 Å². The zero-order valence-electron chi connectivity index (χ0n) is 17.2. The van der Waals surface area contributed by atoms with Gasteiger partial charge in [0.25, 0.3) is 0 Å². The number of oxazole rings is 1. The van der Waals surface area contributed by atoms with Crippen molar-refractivity contribution in [3.05, 3.63) is 102 Å². The standard InChI is InChI=1S/C26H21NO4/c1-3-15-30-20-13-11-19(12-14-20)25(28)22(17-18-7-6-8-21(16-18)29-2)26-27-23-9-4-5-10-24(23)31-26/h3-17H,1-2H3. The highest BCUT2D eigenvalue weighted by atomic mass is 16.5. The van der Waals surface area contributed by atoms with E-state index in [0.29, 0.717) is 33.7 Å². The van der Waals surface area contributed by atoms with Gasteiger partial charge in [-0.1, -0.05) is 30.3 Å². The van der Waals surface area contributed by atoms with Gasteiger partial charge in [0.15, 0.2) is 11.4 Å². The summed E-state index contributed by atoms with van der Waals surface area (Å²) in [6, 6.07) is 21.8. The Morgan fingerprint density at radius 1 is 0.968 bits per heavy atom. The molecule has 0 radical (unpaired) electrons. The van der Waals surface area contributed by atoms with Gasteiger partial charge in [-0.15, -0.1) is 0 Å². The average Bonchev–Trinajstić information content (AvgIpc) is 3.25. The highest BCUT2D eigenvalue weighted by Gasteiger charge is 2.20. The Morgan fingerprint density at radius 2 is 1.77 bits per heavy atom. The van der Waals surface area contributed by atoms with Crippen LogP contribution in [0.2, 0.25) is 0 Å². The second-order valence-electron chi connectivity index (χ2n) is 6.76. The fourth-order valence-corrected chi connectivity index (χ4v) is 3.10. The molecule has 0 amide bonds. The van der Waals surface area contributed by atoms with E-state index in [4.69, 9.17) is 13.9 Å². The van der Waals surface area contributed by atoms with Crippen LogP contribution in [-0.2, 0) is 0 Å². The normalized spacial score (nSPS) is 11.7. The maximum Gasteiger partial charge on any atom is 0.231 e. The van der Waals surface area contributed by atoms with Gasteiger partial charge in [0.2, 0.25) is 5.89 Å². The van der Waals surface area contributed by atoms with Gasteiger partial charge in [0.1, 0.15) is 17.0 Å². The Morgan fingerprint density at radius 3 is 2.52 bits per heavy atom. The Kier molecular flexibility index (Phi) is 5.94. The van der Waals surface area contributed by atoms with E-state index in [9.17, 15) is 4.79 Å². The second kappa shape index (κ2) is 9.13. The topological polar surface area (TPSA) is 61.6 Å². The van der Waals surface area contributed by atoms with Crippen molar-refractivity contribution in [1.29, 1.82) is 0 Å². The summed E-state index contributed by atoms with van der Waals surface area (Å²) in [7, 11) is 1.60. The summed E-state index contributed by atoms with van der Waals surface area (Å²) >= 11 is 0. The minimum Gasteiger partial charge on any atom is -0.497 e. The smallest absolute Gasteiger partial charge is 0.231 e. The molecule has 5 nitrogen and oxygen atoms in total. The van der Waals surface area contributed by atoms with E-state index in [1.807, 2.05) is 55.5 Å². The first-order valence-corrected chi connectivity index (χ1v) is 9.82. The lowest BCUT2D eigenvalue weighted by molar-refractivity contribution is 0.105. The number of methoxy groups -OCH3 is 1. The van der Waals surface area contributed by atoms with Crippen molar-refractivity contribution >= 4 is 28.5 Å². The van der Waals surface area contributed by atoms with Crippen molar-refractivity contribution in [3.63, 3.8) is 0 Å². The summed E-state index contributed by atoms with van der Waals surface area (Å²) in [4.78, 5) is 18.0. The maximum atomic E-state index is 13.5. The van der Waals surface area contributed by atoms with Crippen molar-refractivity contribution < 1.29 is 18.7 Å². The van der Waals surface area contributed by atoms with Crippen molar-refractivity contribution in [1.82, 2.24) is 4.98 Å². The van der Waals surface area contributed by atoms with Crippen LogP contribution < -0.4 is 9.47 Å². The molecule has 3 aromatic carbocycles. The summed E-state index contributed by atoms with van der Waals surface area (Å²) in [6.45, 7) is 1.87. The van der Waals surface area contributed by atoms with Crippen molar-refractivity contribution in [3.8, 4) is 11.5 Å². The van der Waals surface area contributed by atoms with E-state index in [1.165, 1.54) is 0 Å². The first-order chi connectivity index (χ1) is 15.2. The number of carbonyl (C=O) groups is 1. The molecule has 4 rings (SSSR count). The van der Waals surface area contributed by atoms with Crippen LogP contribution in [0.5, 0.6) is 11.5 Å². The summed E-state index contributed by atoms with van der Waals surface area (Å²) < 4.78 is 16.7. The lowest BCUT2D eigenvalue weighted by Gasteiger charge is -2.06. The molecule has 0 unspecified atom stereocenters. The molecule has 31 heavy (non-hydrogen) atoms. The predicted octanol–water partition coefficient (Wildman–Crippen LogP) is 6.17. The number of aromatic nitrogens is 1. The quantitative estimate of drug-likeness (QED) is 0.207. The van der Waals surface area contributed by atoms with Crippen LogP contribution >= 0.6 is 0 Å². The number of allylic oxidation sites excluding steroid dienone is 2. The van der Waals surface area contributed by atoms with Crippen LogP contribution in [0.25, 0.3) is 22.7 Å². The molecule has 1 heterocycles. The molecule has 5 heteroatoms. The number of hydrogen-bond acceptors (Lipinski definition) is 5. The SMILES string of the molecule is CC=COc1ccc(C(=O)C(=Cc2cccc(OC)c2)c2nc3ccccc3o2)cc1. The van der Waals surface area contributed by atoms with Crippen LogP contribution in [0.15, 0.2) is 89.6 Å². The van der Waals surface area contributed by atoms with Gasteiger partial charge >= 0.3 is 0 Å². The van der Waals surface area contributed by atoms with E-state index in [2.05, 4.69) is 4.98 Å². The number of ketones is 1. The number of ether oxygens (including phenoxy) is 2. The molecule has 0 atom stereocenters. The Bertz CT molecular complexity index is 1230. The molecule has 0 aliphatic carbocycles. The zero-order valence-corrected chi connectivity index (χ0v) is 17.2. The number of hydrogen-bond donors (Lipinski definition) is 0. The number of Topliss-reactive ketones (excluding diaryl/α,β-unsaturated/α-hetero) is 1. The van der Waals surface area contributed by atoms with Gasteiger partial charge in [0, 0.05) is 5.56 Å². The van der Waals surface area contributed by atoms with Gasteiger partial charge in [-0.05, 0) is 67.1 Å². The van der Waals surface area contributed by atoms with E-state index in [0.717, 1.165) is 5.56 Å². The first kappa shape index (κ1) is 20.2. The van der Waals surface area contributed by atoms with E-state index in [-0.39, 0.29) is 11.7 Å². The third-order valence-electron chi connectivity index (χ3n) is 4.63. The van der Waals surface area contributed by atoms with Crippen LogP contribution in [0.1, 0.15) is 28.7 Å². The number of para-hydroxylation sites is 2. The van der Waals surface area contributed by atoms with E-state index in [1.54, 1.807) is 49.8 Å². The molecular formula is C26H21NO4. The molecule has 0 aliphatic heterocycles. The highest BCUT2D eigenvalue weighted by Crippen LogP contribution is 2.27. The van der Waals surface area contributed by atoms with Crippen molar-refractivity contribution in [2.45, 2.75) is 6.92 Å². The minimum atomic E-state index is -0.202. The van der Waals surface area contributed by atoms with Gasteiger partial charge in [-0.3, -0.25) is 4.79 Å². The summed E-state index contributed by atoms with van der Waals surface area (Å²) in [5.41, 5.74) is 2.97.